The average molecular weight is 308 g/mol. The van der Waals surface area contributed by atoms with Crippen molar-refractivity contribution in [1.29, 1.82) is 0 Å². The van der Waals surface area contributed by atoms with E-state index in [2.05, 4.69) is 51.2 Å². The molecule has 0 spiro atoms. The highest BCUT2D eigenvalue weighted by Gasteiger charge is 2.16. The van der Waals surface area contributed by atoms with Gasteiger partial charge in [0, 0.05) is 43.6 Å². The maximum atomic E-state index is 5.96. The molecular formula is C17H20N6. The summed E-state index contributed by atoms with van der Waals surface area (Å²) in [7, 11) is 2.17. The van der Waals surface area contributed by atoms with Crippen LogP contribution in [-0.4, -0.2) is 52.7 Å². The smallest absolute Gasteiger partial charge is 0.165 e. The Kier molecular flexibility index (Phi) is 3.38. The van der Waals surface area contributed by atoms with Gasteiger partial charge < -0.3 is 15.5 Å². The molecule has 2 N–H and O–H groups in total. The predicted molar refractivity (Wildman–Crippen MR) is 92.5 cm³/mol. The number of benzene rings is 1. The number of hydrogen-bond acceptors (Lipinski definition) is 5. The second kappa shape index (κ2) is 5.55. The summed E-state index contributed by atoms with van der Waals surface area (Å²) in [6.45, 7) is 4.30. The van der Waals surface area contributed by atoms with E-state index < -0.39 is 0 Å². The molecule has 0 saturated carbocycles. The number of rotatable bonds is 2. The minimum Gasteiger partial charge on any atom is -0.384 e. The quantitative estimate of drug-likeness (QED) is 0.781. The zero-order valence-corrected chi connectivity index (χ0v) is 13.2. The minimum absolute atomic E-state index is 0.594. The molecule has 1 aromatic carbocycles. The zero-order chi connectivity index (χ0) is 15.8. The SMILES string of the molecule is CN1CCN(c2cccc(-c3cnn4c(N)ccnc34)c2)CC1. The fraction of sp³-hybridized carbons (Fsp3) is 0.294. The first-order valence-corrected chi connectivity index (χ1v) is 7.84. The van der Waals surface area contributed by atoms with Gasteiger partial charge in [-0.1, -0.05) is 12.1 Å². The number of nitrogens with zero attached hydrogens (tertiary/aromatic N) is 5. The molecule has 6 nitrogen and oxygen atoms in total. The molecule has 4 rings (SSSR count). The fourth-order valence-corrected chi connectivity index (χ4v) is 3.05. The van der Waals surface area contributed by atoms with Crippen LogP contribution in [0.2, 0.25) is 0 Å². The largest absolute Gasteiger partial charge is 0.384 e. The molecule has 0 amide bonds. The Morgan fingerprint density at radius 2 is 1.91 bits per heavy atom. The summed E-state index contributed by atoms with van der Waals surface area (Å²) in [5, 5.41) is 4.36. The third-order valence-electron chi connectivity index (χ3n) is 4.46. The molecule has 1 saturated heterocycles. The van der Waals surface area contributed by atoms with Crippen LogP contribution in [-0.2, 0) is 0 Å². The van der Waals surface area contributed by atoms with Gasteiger partial charge in [-0.25, -0.2) is 4.98 Å². The number of likely N-dealkylation sites (N-methyl/N-ethyl adjacent to an activating group) is 1. The van der Waals surface area contributed by atoms with Crippen LogP contribution in [0, 0.1) is 0 Å². The number of aromatic nitrogens is 3. The van der Waals surface area contributed by atoms with Crippen molar-refractivity contribution in [2.45, 2.75) is 0 Å². The molecule has 2 aromatic heterocycles. The van der Waals surface area contributed by atoms with Gasteiger partial charge in [-0.2, -0.15) is 9.61 Å². The van der Waals surface area contributed by atoms with E-state index in [0.29, 0.717) is 5.82 Å². The Balaban J connectivity index is 1.72. The van der Waals surface area contributed by atoms with Crippen LogP contribution in [0.3, 0.4) is 0 Å². The molecular weight excluding hydrogens is 288 g/mol. The second-order valence-electron chi connectivity index (χ2n) is 6.00. The first kappa shape index (κ1) is 14.0. The summed E-state index contributed by atoms with van der Waals surface area (Å²) in [4.78, 5) is 9.22. The first-order chi connectivity index (χ1) is 11.2. The van der Waals surface area contributed by atoms with Crippen LogP contribution < -0.4 is 10.6 Å². The number of nitrogen functional groups attached to an aromatic ring is 1. The molecule has 0 aliphatic carbocycles. The van der Waals surface area contributed by atoms with Crippen molar-refractivity contribution in [2.75, 3.05) is 43.9 Å². The highest BCUT2D eigenvalue weighted by Crippen LogP contribution is 2.28. The molecule has 0 bridgehead atoms. The van der Waals surface area contributed by atoms with Crippen molar-refractivity contribution in [2.24, 2.45) is 0 Å². The molecule has 1 aliphatic rings. The maximum Gasteiger partial charge on any atom is 0.165 e. The Morgan fingerprint density at radius 3 is 2.74 bits per heavy atom. The van der Waals surface area contributed by atoms with E-state index in [1.165, 1.54) is 5.69 Å². The van der Waals surface area contributed by atoms with Gasteiger partial charge in [0.2, 0.25) is 0 Å². The maximum absolute atomic E-state index is 5.96. The molecule has 3 heterocycles. The summed E-state index contributed by atoms with van der Waals surface area (Å²) in [6.07, 6.45) is 3.56. The molecule has 1 fully saturated rings. The van der Waals surface area contributed by atoms with Gasteiger partial charge in [0.1, 0.15) is 5.82 Å². The lowest BCUT2D eigenvalue weighted by Crippen LogP contribution is -2.44. The van der Waals surface area contributed by atoms with Crippen LogP contribution in [0.5, 0.6) is 0 Å². The molecule has 0 atom stereocenters. The highest BCUT2D eigenvalue weighted by molar-refractivity contribution is 5.79. The van der Waals surface area contributed by atoms with Gasteiger partial charge >= 0.3 is 0 Å². The molecule has 118 valence electrons. The van der Waals surface area contributed by atoms with Crippen LogP contribution in [0.4, 0.5) is 11.5 Å². The van der Waals surface area contributed by atoms with Gasteiger partial charge in [-0.05, 0) is 30.8 Å². The Bertz CT molecular complexity index is 832. The molecule has 3 aromatic rings. The van der Waals surface area contributed by atoms with Crippen molar-refractivity contribution < 1.29 is 0 Å². The van der Waals surface area contributed by atoms with Crippen LogP contribution >= 0.6 is 0 Å². The average Bonchev–Trinajstić information content (AvgIpc) is 3.01. The number of hydrogen-bond donors (Lipinski definition) is 1. The molecule has 1 aliphatic heterocycles. The van der Waals surface area contributed by atoms with E-state index in [9.17, 15) is 0 Å². The molecule has 23 heavy (non-hydrogen) atoms. The molecule has 0 unspecified atom stereocenters. The van der Waals surface area contributed by atoms with E-state index in [1.54, 1.807) is 16.8 Å². The number of piperazine rings is 1. The van der Waals surface area contributed by atoms with Gasteiger partial charge in [0.25, 0.3) is 0 Å². The van der Waals surface area contributed by atoms with Crippen LogP contribution in [0.1, 0.15) is 0 Å². The minimum atomic E-state index is 0.594. The van der Waals surface area contributed by atoms with Crippen molar-refractivity contribution >= 4 is 17.2 Å². The normalized spacial score (nSPS) is 16.1. The van der Waals surface area contributed by atoms with Crippen LogP contribution in [0.15, 0.2) is 42.7 Å². The summed E-state index contributed by atoms with van der Waals surface area (Å²) in [5.41, 5.74) is 10.1. The lowest BCUT2D eigenvalue weighted by molar-refractivity contribution is 0.313. The predicted octanol–water partition coefficient (Wildman–Crippen LogP) is 1.73. The monoisotopic (exact) mass is 308 g/mol. The fourth-order valence-electron chi connectivity index (χ4n) is 3.05. The summed E-state index contributed by atoms with van der Waals surface area (Å²) < 4.78 is 1.68. The highest BCUT2D eigenvalue weighted by atomic mass is 15.3. The van der Waals surface area contributed by atoms with E-state index in [0.717, 1.165) is 43.0 Å². The summed E-state index contributed by atoms with van der Waals surface area (Å²) in [6, 6.07) is 10.3. The number of anilines is 2. The summed E-state index contributed by atoms with van der Waals surface area (Å²) in [5.74, 6) is 0.594. The van der Waals surface area contributed by atoms with Crippen molar-refractivity contribution in [3.63, 3.8) is 0 Å². The topological polar surface area (TPSA) is 62.7 Å². The number of nitrogens with two attached hydrogens (primary N) is 1. The number of fused-ring (bicyclic) bond motifs is 1. The first-order valence-electron chi connectivity index (χ1n) is 7.84. The lowest BCUT2D eigenvalue weighted by atomic mass is 10.1. The lowest BCUT2D eigenvalue weighted by Gasteiger charge is -2.34. The van der Waals surface area contributed by atoms with Gasteiger partial charge in [0.05, 0.1) is 6.20 Å². The van der Waals surface area contributed by atoms with Crippen LogP contribution in [0.25, 0.3) is 16.8 Å². The van der Waals surface area contributed by atoms with Crippen molar-refractivity contribution in [3.05, 3.63) is 42.7 Å². The van der Waals surface area contributed by atoms with Gasteiger partial charge in [-0.3, -0.25) is 0 Å². The third kappa shape index (κ3) is 2.51. The van der Waals surface area contributed by atoms with Crippen molar-refractivity contribution in [3.8, 4) is 11.1 Å². The summed E-state index contributed by atoms with van der Waals surface area (Å²) >= 11 is 0. The van der Waals surface area contributed by atoms with E-state index >= 15 is 0 Å². The van der Waals surface area contributed by atoms with Gasteiger partial charge in [0.15, 0.2) is 5.65 Å². The van der Waals surface area contributed by atoms with E-state index in [1.807, 2.05) is 6.20 Å². The Labute approximate surface area is 135 Å². The zero-order valence-electron chi connectivity index (χ0n) is 13.2. The standard InChI is InChI=1S/C17H20N6/c1-21-7-9-22(10-8-21)14-4-2-3-13(11-14)15-12-20-23-16(18)5-6-19-17(15)23/h2-6,11-12H,7-10,18H2,1H3. The molecule has 6 heteroatoms. The molecule has 0 radical (unpaired) electrons. The Morgan fingerprint density at radius 1 is 1.09 bits per heavy atom. The van der Waals surface area contributed by atoms with E-state index in [-0.39, 0.29) is 0 Å². The Hall–Kier alpha value is -2.60. The van der Waals surface area contributed by atoms with Crippen molar-refractivity contribution in [1.82, 2.24) is 19.5 Å². The second-order valence-corrected chi connectivity index (χ2v) is 6.00. The van der Waals surface area contributed by atoms with Gasteiger partial charge in [-0.15, -0.1) is 0 Å². The van der Waals surface area contributed by atoms with E-state index in [4.69, 9.17) is 5.73 Å². The third-order valence-corrected chi connectivity index (χ3v) is 4.46.